The molecule has 1 aliphatic carbocycles. The molecule has 0 spiro atoms. The number of hydrogen-bond acceptors (Lipinski definition) is 2. The van der Waals surface area contributed by atoms with E-state index in [9.17, 15) is 5.11 Å². The molecule has 1 aliphatic rings. The minimum absolute atomic E-state index is 0.0465. The lowest BCUT2D eigenvalue weighted by Gasteiger charge is -2.32. The first kappa shape index (κ1) is 12.1. The van der Waals surface area contributed by atoms with Gasteiger partial charge in [-0.3, -0.25) is 0 Å². The van der Waals surface area contributed by atoms with Gasteiger partial charge in [-0.25, -0.2) is 0 Å². The monoisotopic (exact) mass is 283 g/mol. The van der Waals surface area contributed by atoms with Crippen LogP contribution >= 0.6 is 15.9 Å². The summed E-state index contributed by atoms with van der Waals surface area (Å²) in [6.07, 6.45) is 1.87. The second kappa shape index (κ2) is 5.30. The number of nitrogens with one attached hydrogen (secondary N) is 1. The van der Waals surface area contributed by atoms with Gasteiger partial charge in [-0.05, 0) is 49.9 Å². The highest BCUT2D eigenvalue weighted by atomic mass is 79.9. The fourth-order valence-corrected chi connectivity index (χ4v) is 2.34. The minimum Gasteiger partial charge on any atom is -0.393 e. The third-order valence-electron chi connectivity index (χ3n) is 3.29. The third kappa shape index (κ3) is 3.06. The fourth-order valence-electron chi connectivity index (χ4n) is 2.08. The number of rotatable bonds is 4. The van der Waals surface area contributed by atoms with Gasteiger partial charge in [0.25, 0.3) is 0 Å². The molecule has 1 fully saturated rings. The molecule has 0 aliphatic heterocycles. The summed E-state index contributed by atoms with van der Waals surface area (Å²) < 4.78 is 1.12. The highest BCUT2D eigenvalue weighted by Crippen LogP contribution is 2.27. The van der Waals surface area contributed by atoms with E-state index in [0.29, 0.717) is 12.0 Å². The summed E-state index contributed by atoms with van der Waals surface area (Å²) in [4.78, 5) is 0. The Kier molecular flexibility index (Phi) is 4.00. The van der Waals surface area contributed by atoms with Crippen LogP contribution in [-0.2, 0) is 0 Å². The third-order valence-corrected chi connectivity index (χ3v) is 3.82. The van der Waals surface area contributed by atoms with Crippen LogP contribution < -0.4 is 5.32 Å². The molecule has 1 aromatic rings. The van der Waals surface area contributed by atoms with Crippen molar-refractivity contribution < 1.29 is 5.11 Å². The Labute approximate surface area is 105 Å². The van der Waals surface area contributed by atoms with Crippen molar-refractivity contribution in [2.24, 2.45) is 5.92 Å². The average Bonchev–Trinajstić information content (AvgIpc) is 2.23. The molecule has 2 rings (SSSR count). The van der Waals surface area contributed by atoms with Crippen molar-refractivity contribution in [3.63, 3.8) is 0 Å². The zero-order chi connectivity index (χ0) is 11.5. The highest BCUT2D eigenvalue weighted by molar-refractivity contribution is 9.10. The van der Waals surface area contributed by atoms with Crippen LogP contribution in [0.5, 0.6) is 0 Å². The van der Waals surface area contributed by atoms with Crippen LogP contribution in [0.4, 0.5) is 0 Å². The van der Waals surface area contributed by atoms with Gasteiger partial charge in [0.15, 0.2) is 0 Å². The highest BCUT2D eigenvalue weighted by Gasteiger charge is 2.26. The van der Waals surface area contributed by atoms with Crippen molar-refractivity contribution in [1.29, 1.82) is 0 Å². The average molecular weight is 284 g/mol. The zero-order valence-electron chi connectivity index (χ0n) is 9.49. The van der Waals surface area contributed by atoms with Crippen LogP contribution in [-0.4, -0.2) is 17.8 Å². The molecular weight excluding hydrogens is 266 g/mol. The fraction of sp³-hybridized carbons (Fsp3) is 0.538. The number of hydrogen-bond donors (Lipinski definition) is 2. The van der Waals surface area contributed by atoms with E-state index in [4.69, 9.17) is 0 Å². The van der Waals surface area contributed by atoms with Crippen molar-refractivity contribution in [2.75, 3.05) is 6.54 Å². The Hall–Kier alpha value is -0.380. The van der Waals surface area contributed by atoms with Crippen molar-refractivity contribution >= 4 is 15.9 Å². The zero-order valence-corrected chi connectivity index (χ0v) is 11.1. The van der Waals surface area contributed by atoms with Crippen molar-refractivity contribution in [3.05, 3.63) is 34.3 Å². The predicted molar refractivity (Wildman–Crippen MR) is 69.3 cm³/mol. The maximum atomic E-state index is 9.20. The van der Waals surface area contributed by atoms with Gasteiger partial charge >= 0.3 is 0 Å². The lowest BCUT2D eigenvalue weighted by Crippen LogP contribution is -2.36. The maximum Gasteiger partial charge on any atom is 0.0546 e. The van der Waals surface area contributed by atoms with Crippen LogP contribution in [0.15, 0.2) is 28.7 Å². The first-order chi connectivity index (χ1) is 7.65. The summed E-state index contributed by atoms with van der Waals surface area (Å²) in [5, 5.41) is 12.7. The lowest BCUT2D eigenvalue weighted by atomic mass is 9.82. The van der Waals surface area contributed by atoms with E-state index in [1.165, 1.54) is 5.56 Å². The lowest BCUT2D eigenvalue weighted by molar-refractivity contribution is 0.0420. The molecule has 0 heterocycles. The molecule has 1 saturated carbocycles. The van der Waals surface area contributed by atoms with Gasteiger partial charge in [-0.15, -0.1) is 0 Å². The summed E-state index contributed by atoms with van der Waals surface area (Å²) in [5.41, 5.74) is 1.31. The van der Waals surface area contributed by atoms with Crippen molar-refractivity contribution in [2.45, 2.75) is 31.9 Å². The van der Waals surface area contributed by atoms with E-state index in [0.717, 1.165) is 23.9 Å². The second-order valence-corrected chi connectivity index (χ2v) is 5.59. The van der Waals surface area contributed by atoms with E-state index in [2.05, 4.69) is 52.4 Å². The Morgan fingerprint density at radius 3 is 2.56 bits per heavy atom. The molecule has 0 saturated heterocycles. The van der Waals surface area contributed by atoms with E-state index in [1.54, 1.807) is 0 Å². The normalized spacial score (nSPS) is 26.2. The van der Waals surface area contributed by atoms with E-state index >= 15 is 0 Å². The molecule has 16 heavy (non-hydrogen) atoms. The van der Waals surface area contributed by atoms with Gasteiger partial charge in [0.2, 0.25) is 0 Å². The van der Waals surface area contributed by atoms with Crippen LogP contribution in [0.3, 0.4) is 0 Å². The molecular formula is C13H18BrNO. The van der Waals surface area contributed by atoms with Crippen molar-refractivity contribution in [3.8, 4) is 0 Å². The Balaban J connectivity index is 1.79. The number of aliphatic hydroxyl groups is 1. The van der Waals surface area contributed by atoms with Crippen LogP contribution in [0.25, 0.3) is 0 Å². The maximum absolute atomic E-state index is 9.20. The molecule has 0 amide bonds. The largest absolute Gasteiger partial charge is 0.393 e. The number of benzene rings is 1. The van der Waals surface area contributed by atoms with Crippen LogP contribution in [0.2, 0.25) is 0 Å². The Bertz CT molecular complexity index is 332. The minimum atomic E-state index is -0.0465. The summed E-state index contributed by atoms with van der Waals surface area (Å²) in [6, 6.07) is 8.79. The molecule has 88 valence electrons. The summed E-state index contributed by atoms with van der Waals surface area (Å²) in [5.74, 6) is 0.660. The van der Waals surface area contributed by atoms with E-state index in [-0.39, 0.29) is 6.10 Å². The topological polar surface area (TPSA) is 32.3 Å². The quantitative estimate of drug-likeness (QED) is 0.891. The molecule has 1 atom stereocenters. The molecule has 2 N–H and O–H groups in total. The Morgan fingerprint density at radius 2 is 2.00 bits per heavy atom. The van der Waals surface area contributed by atoms with Crippen LogP contribution in [0.1, 0.15) is 31.4 Å². The van der Waals surface area contributed by atoms with Gasteiger partial charge in [0.1, 0.15) is 0 Å². The first-order valence-electron chi connectivity index (χ1n) is 5.82. The molecule has 0 bridgehead atoms. The van der Waals surface area contributed by atoms with E-state index < -0.39 is 0 Å². The molecule has 1 unspecified atom stereocenters. The van der Waals surface area contributed by atoms with E-state index in [1.807, 2.05) is 0 Å². The first-order valence-corrected chi connectivity index (χ1v) is 6.61. The van der Waals surface area contributed by atoms with Gasteiger partial charge in [0, 0.05) is 10.5 Å². The van der Waals surface area contributed by atoms with Crippen LogP contribution in [0, 0.1) is 5.92 Å². The summed E-state index contributed by atoms with van der Waals surface area (Å²) in [7, 11) is 0. The predicted octanol–water partition coefficient (Wildman–Crippen LogP) is 2.87. The molecule has 2 nitrogen and oxygen atoms in total. The van der Waals surface area contributed by atoms with Gasteiger partial charge in [0.05, 0.1) is 6.10 Å². The molecule has 0 aromatic heterocycles. The summed E-state index contributed by atoms with van der Waals surface area (Å²) >= 11 is 3.44. The van der Waals surface area contributed by atoms with Gasteiger partial charge < -0.3 is 10.4 Å². The standard InChI is InChI=1S/C13H18BrNO/c1-9(11-2-4-12(14)5-3-11)15-8-10-6-13(16)7-10/h2-5,9-10,13,15-16H,6-8H2,1H3. The number of halogens is 1. The Morgan fingerprint density at radius 1 is 1.38 bits per heavy atom. The summed E-state index contributed by atoms with van der Waals surface area (Å²) in [6.45, 7) is 3.19. The van der Waals surface area contributed by atoms with Crippen molar-refractivity contribution in [1.82, 2.24) is 5.32 Å². The molecule has 0 radical (unpaired) electrons. The SMILES string of the molecule is CC(NCC1CC(O)C1)c1ccc(Br)cc1. The second-order valence-electron chi connectivity index (χ2n) is 4.67. The molecule has 3 heteroatoms. The van der Waals surface area contributed by atoms with Gasteiger partial charge in [-0.2, -0.15) is 0 Å². The molecule has 1 aromatic carbocycles. The smallest absolute Gasteiger partial charge is 0.0546 e. The number of aliphatic hydroxyl groups excluding tert-OH is 1. The van der Waals surface area contributed by atoms with Gasteiger partial charge in [-0.1, -0.05) is 28.1 Å².